The number of carbonyl (C=O) groups excluding carboxylic acids is 1. The summed E-state index contributed by atoms with van der Waals surface area (Å²) in [7, 11) is -3.48. The SMILES string of the molecule is CS(=O)(=O)NCc1cc(F)cc(-c2ccnc3nc(-c4[nH]nc5c(F)cc(-c6cncc(NC(=O)Cc7ccccc7)c6)cc45)[nH]c23)c1. The molecule has 0 aliphatic heterocycles. The minimum atomic E-state index is -3.48. The summed E-state index contributed by atoms with van der Waals surface area (Å²) in [6.07, 6.45) is 5.85. The first-order valence-electron chi connectivity index (χ1n) is 14.7. The Kier molecular flexibility index (Phi) is 7.94. The van der Waals surface area contributed by atoms with Gasteiger partial charge in [0.05, 0.1) is 30.1 Å². The molecule has 0 unspecified atom stereocenters. The van der Waals surface area contributed by atoms with Gasteiger partial charge < -0.3 is 10.3 Å². The first-order valence-corrected chi connectivity index (χ1v) is 16.6. The van der Waals surface area contributed by atoms with Crippen LogP contribution in [0.1, 0.15) is 11.1 Å². The molecule has 0 aliphatic rings. The van der Waals surface area contributed by atoms with Crippen molar-refractivity contribution in [2.45, 2.75) is 13.0 Å². The fraction of sp³-hybridized carbons (Fsp3) is 0.0882. The highest BCUT2D eigenvalue weighted by atomic mass is 32.2. The van der Waals surface area contributed by atoms with Crippen LogP contribution in [0.25, 0.3) is 55.8 Å². The van der Waals surface area contributed by atoms with E-state index in [0.717, 1.165) is 11.8 Å². The largest absolute Gasteiger partial charge is 0.335 e. The first-order chi connectivity index (χ1) is 23.1. The molecular weight excluding hydrogens is 638 g/mol. The first kappa shape index (κ1) is 30.8. The molecule has 3 aromatic carbocycles. The number of fused-ring (bicyclic) bond motifs is 2. The lowest BCUT2D eigenvalue weighted by Gasteiger charge is -2.08. The van der Waals surface area contributed by atoms with Gasteiger partial charge in [-0.3, -0.25) is 14.9 Å². The number of pyridine rings is 2. The molecule has 0 saturated carbocycles. The summed E-state index contributed by atoms with van der Waals surface area (Å²) in [5.74, 6) is -1.01. The van der Waals surface area contributed by atoms with Crippen LogP contribution in [0, 0.1) is 11.6 Å². The number of hydrogen-bond donors (Lipinski definition) is 4. The van der Waals surface area contributed by atoms with Gasteiger partial charge in [-0.2, -0.15) is 5.10 Å². The number of sulfonamides is 1. The Balaban J connectivity index is 1.22. The Hall–Kier alpha value is -5.86. The Morgan fingerprint density at radius 3 is 2.56 bits per heavy atom. The summed E-state index contributed by atoms with van der Waals surface area (Å²) in [6.45, 7) is -0.0848. The summed E-state index contributed by atoms with van der Waals surface area (Å²) >= 11 is 0. The van der Waals surface area contributed by atoms with E-state index in [1.54, 1.807) is 30.5 Å². The van der Waals surface area contributed by atoms with Gasteiger partial charge in [0, 0.05) is 35.5 Å². The number of nitrogens with zero attached hydrogens (tertiary/aromatic N) is 4. The minimum Gasteiger partial charge on any atom is -0.335 e. The Labute approximate surface area is 272 Å². The highest BCUT2D eigenvalue weighted by Crippen LogP contribution is 2.34. The number of H-pyrrole nitrogens is 2. The normalized spacial score (nSPS) is 11.7. The predicted molar refractivity (Wildman–Crippen MR) is 178 cm³/mol. The lowest BCUT2D eigenvalue weighted by molar-refractivity contribution is -0.115. The predicted octanol–water partition coefficient (Wildman–Crippen LogP) is 5.74. The average molecular weight is 665 g/mol. The summed E-state index contributed by atoms with van der Waals surface area (Å²) in [5.41, 5.74) is 5.19. The van der Waals surface area contributed by atoms with Crippen molar-refractivity contribution in [3.8, 4) is 33.8 Å². The molecular formula is C34H26F2N8O3S. The van der Waals surface area contributed by atoms with Crippen LogP contribution in [0.5, 0.6) is 0 Å². The third kappa shape index (κ3) is 6.52. The van der Waals surface area contributed by atoms with Crippen LogP contribution in [-0.2, 0) is 27.8 Å². The van der Waals surface area contributed by atoms with E-state index >= 15 is 4.39 Å². The number of aromatic amines is 2. The second-order valence-corrected chi connectivity index (χ2v) is 13.0. The third-order valence-corrected chi connectivity index (χ3v) is 8.28. The maximum Gasteiger partial charge on any atom is 0.228 e. The molecule has 4 heterocycles. The fourth-order valence-corrected chi connectivity index (χ4v) is 5.90. The van der Waals surface area contributed by atoms with Gasteiger partial charge in [0.25, 0.3) is 0 Å². The molecule has 0 atom stereocenters. The van der Waals surface area contributed by atoms with Gasteiger partial charge in [-0.25, -0.2) is 31.9 Å². The monoisotopic (exact) mass is 664 g/mol. The number of anilines is 1. The Bertz CT molecular complexity index is 2450. The summed E-state index contributed by atoms with van der Waals surface area (Å²) in [4.78, 5) is 29.1. The van der Waals surface area contributed by atoms with Crippen LogP contribution in [0.3, 0.4) is 0 Å². The maximum absolute atomic E-state index is 15.4. The highest BCUT2D eigenvalue weighted by molar-refractivity contribution is 7.88. The minimum absolute atomic E-state index is 0.0848. The molecule has 1 amide bonds. The van der Waals surface area contributed by atoms with Crippen LogP contribution in [-0.4, -0.2) is 50.7 Å². The molecule has 0 saturated heterocycles. The summed E-state index contributed by atoms with van der Waals surface area (Å²) < 4.78 is 55.6. The number of halogens is 2. The van der Waals surface area contributed by atoms with E-state index in [2.05, 4.69) is 40.2 Å². The van der Waals surface area contributed by atoms with Crippen LogP contribution < -0.4 is 10.0 Å². The third-order valence-electron chi connectivity index (χ3n) is 7.61. The standard InChI is InChI=1S/C34H26F2N8O3S/c1-48(46,47)39-16-20-9-22(12-24(35)10-20)26-7-8-38-33-31(26)41-34(42-33)32-27-14-21(15-28(36)30(27)43-44-32)23-13-25(18-37-17-23)40-29(45)11-19-5-3-2-4-6-19/h2-10,12-15,17-18,39H,11,16H2,1H3,(H,40,45)(H,43,44)(H,38,41,42). The molecule has 4 aromatic heterocycles. The van der Waals surface area contributed by atoms with E-state index in [4.69, 9.17) is 0 Å². The molecule has 0 aliphatic carbocycles. The van der Waals surface area contributed by atoms with E-state index in [9.17, 15) is 17.6 Å². The molecule has 4 N–H and O–H groups in total. The Morgan fingerprint density at radius 2 is 1.75 bits per heavy atom. The van der Waals surface area contributed by atoms with Crippen LogP contribution in [0.15, 0.2) is 91.4 Å². The lowest BCUT2D eigenvalue weighted by Crippen LogP contribution is -2.21. The second-order valence-electron chi connectivity index (χ2n) is 11.2. The summed E-state index contributed by atoms with van der Waals surface area (Å²) in [6, 6.07) is 20.1. The van der Waals surface area contributed by atoms with Crippen LogP contribution >= 0.6 is 0 Å². The quantitative estimate of drug-likeness (QED) is 0.153. The molecule has 0 radical (unpaired) electrons. The molecule has 0 spiro atoms. The van der Waals surface area contributed by atoms with E-state index in [0.29, 0.717) is 61.6 Å². The lowest BCUT2D eigenvalue weighted by atomic mass is 10.0. The van der Waals surface area contributed by atoms with Gasteiger partial charge in [0.15, 0.2) is 17.3 Å². The van der Waals surface area contributed by atoms with Crippen LogP contribution in [0.2, 0.25) is 0 Å². The number of imidazole rings is 1. The molecule has 240 valence electrons. The van der Waals surface area contributed by atoms with E-state index in [-0.39, 0.29) is 24.4 Å². The van der Waals surface area contributed by atoms with Crippen molar-refractivity contribution >= 4 is 43.7 Å². The van der Waals surface area contributed by atoms with Gasteiger partial charge in [0.1, 0.15) is 17.0 Å². The van der Waals surface area contributed by atoms with Crippen molar-refractivity contribution in [2.24, 2.45) is 0 Å². The maximum atomic E-state index is 15.4. The van der Waals surface area contributed by atoms with Crippen molar-refractivity contribution in [3.63, 3.8) is 0 Å². The van der Waals surface area contributed by atoms with Crippen molar-refractivity contribution in [1.82, 2.24) is 34.9 Å². The number of rotatable bonds is 9. The number of nitrogens with one attached hydrogen (secondary N) is 4. The van der Waals surface area contributed by atoms with Gasteiger partial charge in [-0.1, -0.05) is 30.3 Å². The smallest absolute Gasteiger partial charge is 0.228 e. The number of carbonyl (C=O) groups is 1. The van der Waals surface area contributed by atoms with Crippen molar-refractivity contribution in [3.05, 3.63) is 114 Å². The topological polar surface area (TPSA) is 158 Å². The number of benzene rings is 3. The average Bonchev–Trinajstić information content (AvgIpc) is 3.68. The van der Waals surface area contributed by atoms with E-state index in [1.165, 1.54) is 30.6 Å². The molecule has 14 heteroatoms. The molecule has 0 bridgehead atoms. The molecule has 7 rings (SSSR count). The zero-order valence-corrected chi connectivity index (χ0v) is 26.1. The van der Waals surface area contributed by atoms with E-state index < -0.39 is 21.7 Å². The molecule has 48 heavy (non-hydrogen) atoms. The number of hydrogen-bond acceptors (Lipinski definition) is 7. The fourth-order valence-electron chi connectivity index (χ4n) is 5.47. The summed E-state index contributed by atoms with van der Waals surface area (Å²) in [5, 5.41) is 10.3. The second kappa shape index (κ2) is 12.4. The van der Waals surface area contributed by atoms with E-state index in [1.807, 2.05) is 30.3 Å². The number of aromatic nitrogens is 6. The zero-order chi connectivity index (χ0) is 33.4. The van der Waals surface area contributed by atoms with Crippen molar-refractivity contribution < 1.29 is 22.0 Å². The molecule has 11 nitrogen and oxygen atoms in total. The molecule has 0 fully saturated rings. The zero-order valence-electron chi connectivity index (χ0n) is 25.3. The van der Waals surface area contributed by atoms with Gasteiger partial charge in [-0.15, -0.1) is 0 Å². The van der Waals surface area contributed by atoms with Gasteiger partial charge in [0.2, 0.25) is 15.9 Å². The number of amides is 1. The van der Waals surface area contributed by atoms with Crippen LogP contribution in [0.4, 0.5) is 14.5 Å². The molecule has 7 aromatic rings. The highest BCUT2D eigenvalue weighted by Gasteiger charge is 2.19. The van der Waals surface area contributed by atoms with Crippen molar-refractivity contribution in [1.29, 1.82) is 0 Å². The van der Waals surface area contributed by atoms with Gasteiger partial charge in [-0.05, 0) is 64.7 Å². The van der Waals surface area contributed by atoms with Crippen molar-refractivity contribution in [2.75, 3.05) is 11.6 Å². The van der Waals surface area contributed by atoms with Gasteiger partial charge >= 0.3 is 0 Å². The Morgan fingerprint density at radius 1 is 0.917 bits per heavy atom.